The Balaban J connectivity index is 1.25. The highest BCUT2D eigenvalue weighted by atomic mass is 19.1. The highest BCUT2D eigenvalue weighted by molar-refractivity contribution is 6.05. The summed E-state index contributed by atoms with van der Waals surface area (Å²) < 4.78 is 13.5. The van der Waals surface area contributed by atoms with Crippen LogP contribution in [0.1, 0.15) is 0 Å². The van der Waals surface area contributed by atoms with Gasteiger partial charge in [-0.15, -0.1) is 0 Å². The molecule has 0 amide bonds. The van der Waals surface area contributed by atoms with E-state index in [1.54, 1.807) is 0 Å². The zero-order chi connectivity index (χ0) is 31.6. The molecule has 0 N–H and O–H groups in total. The van der Waals surface area contributed by atoms with Gasteiger partial charge >= 0.3 is 0 Å². The molecule has 0 unspecified atom stereocenters. The minimum absolute atomic E-state index is 0.232. The molecule has 47 heavy (non-hydrogen) atoms. The second-order valence-electron chi connectivity index (χ2n) is 11.6. The van der Waals surface area contributed by atoms with Gasteiger partial charge in [-0.25, -0.2) is 14.4 Å². The second-order valence-corrected chi connectivity index (χ2v) is 11.6. The molecule has 3 heteroatoms. The number of benzene rings is 7. The van der Waals surface area contributed by atoms with E-state index in [-0.39, 0.29) is 5.82 Å². The molecular formula is C44H29FN2. The van der Waals surface area contributed by atoms with Crippen LogP contribution in [-0.2, 0) is 0 Å². The van der Waals surface area contributed by atoms with Crippen molar-refractivity contribution in [1.29, 1.82) is 0 Å². The van der Waals surface area contributed by atoms with E-state index in [9.17, 15) is 4.39 Å². The fourth-order valence-electron chi connectivity index (χ4n) is 6.20. The molecule has 8 aromatic rings. The van der Waals surface area contributed by atoms with Gasteiger partial charge in [0.15, 0.2) is 5.82 Å². The van der Waals surface area contributed by atoms with Gasteiger partial charge < -0.3 is 0 Å². The third-order valence-corrected chi connectivity index (χ3v) is 8.60. The third-order valence-electron chi connectivity index (χ3n) is 8.60. The van der Waals surface area contributed by atoms with Crippen LogP contribution in [0.3, 0.4) is 0 Å². The van der Waals surface area contributed by atoms with Crippen LogP contribution in [0.2, 0.25) is 0 Å². The van der Waals surface area contributed by atoms with Crippen molar-refractivity contribution in [2.75, 3.05) is 0 Å². The highest BCUT2D eigenvalue weighted by Crippen LogP contribution is 2.38. The van der Waals surface area contributed by atoms with Crippen LogP contribution in [0.25, 0.3) is 78.1 Å². The highest BCUT2D eigenvalue weighted by Gasteiger charge is 2.15. The lowest BCUT2D eigenvalue weighted by Crippen LogP contribution is -1.97. The summed E-state index contributed by atoms with van der Waals surface area (Å²) in [6, 6.07) is 59.2. The zero-order valence-corrected chi connectivity index (χ0v) is 25.5. The summed E-state index contributed by atoms with van der Waals surface area (Å²) >= 11 is 0. The van der Waals surface area contributed by atoms with Crippen molar-refractivity contribution in [1.82, 2.24) is 9.97 Å². The Kier molecular flexibility index (Phi) is 7.41. The smallest absolute Gasteiger partial charge is 0.160 e. The zero-order valence-electron chi connectivity index (χ0n) is 25.5. The Morgan fingerprint density at radius 1 is 0.319 bits per heavy atom. The molecule has 0 atom stereocenters. The maximum atomic E-state index is 13.5. The van der Waals surface area contributed by atoms with Gasteiger partial charge in [-0.2, -0.15) is 0 Å². The van der Waals surface area contributed by atoms with Gasteiger partial charge in [0.25, 0.3) is 0 Å². The van der Waals surface area contributed by atoms with E-state index in [1.165, 1.54) is 17.7 Å². The SMILES string of the molecule is Fc1ccc(-c2ccc(-c3ccc(-c4cc(-c5cccc(-c6ccccc6)c5)nc(-c5ccccc5)n4)c4ccccc34)cc2)cc1. The minimum atomic E-state index is -0.232. The number of nitrogens with zero attached hydrogens (tertiary/aromatic N) is 2. The van der Waals surface area contributed by atoms with Crippen molar-refractivity contribution < 1.29 is 4.39 Å². The molecule has 1 aromatic heterocycles. The van der Waals surface area contributed by atoms with E-state index in [0.29, 0.717) is 5.82 Å². The second kappa shape index (κ2) is 12.3. The van der Waals surface area contributed by atoms with Crippen LogP contribution in [0.5, 0.6) is 0 Å². The Bertz CT molecular complexity index is 2330. The molecule has 0 bridgehead atoms. The fraction of sp³-hybridized carbons (Fsp3) is 0. The van der Waals surface area contributed by atoms with Crippen LogP contribution < -0.4 is 0 Å². The minimum Gasteiger partial charge on any atom is -0.228 e. The molecule has 7 aromatic carbocycles. The maximum Gasteiger partial charge on any atom is 0.160 e. The third kappa shape index (κ3) is 5.71. The normalized spacial score (nSPS) is 11.1. The number of fused-ring (bicyclic) bond motifs is 1. The molecular weight excluding hydrogens is 575 g/mol. The molecule has 8 rings (SSSR count). The van der Waals surface area contributed by atoms with E-state index < -0.39 is 0 Å². The number of halogens is 1. The van der Waals surface area contributed by atoms with Crippen molar-refractivity contribution in [3.63, 3.8) is 0 Å². The average Bonchev–Trinajstić information content (AvgIpc) is 3.15. The molecule has 0 fully saturated rings. The van der Waals surface area contributed by atoms with E-state index in [2.05, 4.69) is 127 Å². The molecule has 0 aliphatic heterocycles. The van der Waals surface area contributed by atoms with Crippen LogP contribution in [0.15, 0.2) is 176 Å². The summed E-state index contributed by atoms with van der Waals surface area (Å²) in [4.78, 5) is 10.2. The fourth-order valence-corrected chi connectivity index (χ4v) is 6.20. The summed E-state index contributed by atoms with van der Waals surface area (Å²) in [5.74, 6) is 0.456. The van der Waals surface area contributed by atoms with E-state index >= 15 is 0 Å². The predicted molar refractivity (Wildman–Crippen MR) is 192 cm³/mol. The number of aromatic nitrogens is 2. The number of hydrogen-bond donors (Lipinski definition) is 0. The molecule has 222 valence electrons. The van der Waals surface area contributed by atoms with Crippen LogP contribution in [0.4, 0.5) is 4.39 Å². The topological polar surface area (TPSA) is 25.8 Å². The molecule has 0 saturated heterocycles. The van der Waals surface area contributed by atoms with Crippen molar-refractivity contribution in [2.24, 2.45) is 0 Å². The molecule has 0 radical (unpaired) electrons. The first kappa shape index (κ1) is 28.3. The maximum absolute atomic E-state index is 13.5. The van der Waals surface area contributed by atoms with Gasteiger partial charge in [0, 0.05) is 16.7 Å². The van der Waals surface area contributed by atoms with Crippen molar-refractivity contribution in [3.05, 3.63) is 182 Å². The Morgan fingerprint density at radius 2 is 0.809 bits per heavy atom. The van der Waals surface area contributed by atoms with Gasteiger partial charge in [0.2, 0.25) is 0 Å². The van der Waals surface area contributed by atoms with Crippen molar-refractivity contribution in [3.8, 4) is 67.3 Å². The first-order valence-corrected chi connectivity index (χ1v) is 15.7. The summed E-state index contributed by atoms with van der Waals surface area (Å²) in [5, 5.41) is 2.27. The largest absolute Gasteiger partial charge is 0.228 e. The average molecular weight is 605 g/mol. The Hall–Kier alpha value is -6.19. The summed E-state index contributed by atoms with van der Waals surface area (Å²) in [7, 11) is 0. The lowest BCUT2D eigenvalue weighted by Gasteiger charge is -2.14. The quantitative estimate of drug-likeness (QED) is 0.189. The van der Waals surface area contributed by atoms with E-state index in [1.807, 2.05) is 36.4 Å². The lowest BCUT2D eigenvalue weighted by molar-refractivity contribution is 0.628. The van der Waals surface area contributed by atoms with Gasteiger partial charge in [-0.3, -0.25) is 0 Å². The Morgan fingerprint density at radius 3 is 1.51 bits per heavy atom. The van der Waals surface area contributed by atoms with Crippen LogP contribution in [-0.4, -0.2) is 9.97 Å². The number of hydrogen-bond acceptors (Lipinski definition) is 2. The number of rotatable bonds is 6. The van der Waals surface area contributed by atoms with E-state index in [0.717, 1.165) is 66.7 Å². The molecule has 1 heterocycles. The summed E-state index contributed by atoms with van der Waals surface area (Å²) in [5.41, 5.74) is 11.4. The van der Waals surface area contributed by atoms with E-state index in [4.69, 9.17) is 9.97 Å². The van der Waals surface area contributed by atoms with Gasteiger partial charge in [0.1, 0.15) is 5.82 Å². The molecule has 0 aliphatic carbocycles. The molecule has 0 spiro atoms. The van der Waals surface area contributed by atoms with Gasteiger partial charge in [-0.05, 0) is 68.4 Å². The Labute approximate surface area is 273 Å². The van der Waals surface area contributed by atoms with Gasteiger partial charge in [0.05, 0.1) is 11.4 Å². The molecule has 2 nitrogen and oxygen atoms in total. The van der Waals surface area contributed by atoms with Crippen LogP contribution in [0, 0.1) is 5.82 Å². The van der Waals surface area contributed by atoms with Crippen molar-refractivity contribution in [2.45, 2.75) is 0 Å². The predicted octanol–water partition coefficient (Wildman–Crippen LogP) is 11.8. The summed E-state index contributed by atoms with van der Waals surface area (Å²) in [6.45, 7) is 0. The first-order valence-electron chi connectivity index (χ1n) is 15.7. The first-order chi connectivity index (χ1) is 23.2. The van der Waals surface area contributed by atoms with Gasteiger partial charge in [-0.1, -0.05) is 152 Å². The molecule has 0 aliphatic rings. The van der Waals surface area contributed by atoms with Crippen molar-refractivity contribution >= 4 is 10.8 Å². The summed E-state index contributed by atoms with van der Waals surface area (Å²) in [6.07, 6.45) is 0. The van der Waals surface area contributed by atoms with Crippen LogP contribution >= 0.6 is 0 Å². The standard InChI is InChI=1S/C44H29FN2/c45-37-24-22-32(23-25-37)31-18-20-33(21-19-31)38-26-27-41(40-17-8-7-16-39(38)40)43-29-42(46-44(47-43)34-12-5-2-6-13-34)36-15-9-14-35(28-36)30-10-3-1-4-11-30/h1-29H. The molecule has 0 saturated carbocycles. The monoisotopic (exact) mass is 604 g/mol. The lowest BCUT2D eigenvalue weighted by atomic mass is 9.92.